The van der Waals surface area contributed by atoms with Gasteiger partial charge in [0, 0.05) is 23.5 Å². The minimum atomic E-state index is -0.386. The second-order valence-electron chi connectivity index (χ2n) is 6.14. The number of hydrogen-bond acceptors (Lipinski definition) is 2. The molecule has 0 atom stereocenters. The minimum absolute atomic E-state index is 0.0144. The van der Waals surface area contributed by atoms with Crippen LogP contribution in [0, 0.1) is 5.92 Å². The lowest BCUT2D eigenvalue weighted by molar-refractivity contribution is -0.130. The Balaban J connectivity index is 1.90. The van der Waals surface area contributed by atoms with Crippen molar-refractivity contribution >= 4 is 27.7 Å². The highest BCUT2D eigenvalue weighted by molar-refractivity contribution is 9.10. The smallest absolute Gasteiger partial charge is 0.230 e. The molecule has 0 saturated heterocycles. The van der Waals surface area contributed by atoms with Crippen LogP contribution < -0.4 is 10.6 Å². The van der Waals surface area contributed by atoms with Crippen LogP contribution in [-0.2, 0) is 15.0 Å². The number of carbonyl (C=O) groups excluding carboxylic acids is 2. The van der Waals surface area contributed by atoms with E-state index >= 15 is 0 Å². The maximum atomic E-state index is 12.6. The van der Waals surface area contributed by atoms with Gasteiger partial charge in [-0.15, -0.1) is 0 Å². The van der Waals surface area contributed by atoms with Gasteiger partial charge in [-0.3, -0.25) is 9.59 Å². The molecular weight excluding hydrogens is 344 g/mol. The summed E-state index contributed by atoms with van der Waals surface area (Å²) in [5.74, 6) is 0.0526. The van der Waals surface area contributed by atoms with Crippen LogP contribution in [-0.4, -0.2) is 24.9 Å². The molecule has 2 N–H and O–H groups in total. The van der Waals surface area contributed by atoms with Gasteiger partial charge in [0.1, 0.15) is 0 Å². The number of amides is 2. The third-order valence-corrected chi connectivity index (χ3v) is 4.80. The average Bonchev–Trinajstić information content (AvgIpc) is 2.44. The Kier molecular flexibility index (Phi) is 5.62. The van der Waals surface area contributed by atoms with Crippen molar-refractivity contribution in [3.05, 3.63) is 34.3 Å². The Hall–Kier alpha value is -1.36. The van der Waals surface area contributed by atoms with E-state index in [4.69, 9.17) is 0 Å². The van der Waals surface area contributed by atoms with Crippen molar-refractivity contribution in [3.8, 4) is 0 Å². The van der Waals surface area contributed by atoms with Crippen molar-refractivity contribution < 1.29 is 9.59 Å². The van der Waals surface area contributed by atoms with Gasteiger partial charge in [-0.1, -0.05) is 48.3 Å². The average molecular weight is 367 g/mol. The van der Waals surface area contributed by atoms with Crippen LogP contribution in [0.15, 0.2) is 28.7 Å². The molecule has 1 aromatic rings. The van der Waals surface area contributed by atoms with Crippen LogP contribution in [0.25, 0.3) is 0 Å². The summed E-state index contributed by atoms with van der Waals surface area (Å²) < 4.78 is 1.02. The highest BCUT2D eigenvalue weighted by Gasteiger charge is 2.45. The molecule has 0 unspecified atom stereocenters. The van der Waals surface area contributed by atoms with E-state index in [2.05, 4.69) is 26.6 Å². The number of carbonyl (C=O) groups is 2. The summed E-state index contributed by atoms with van der Waals surface area (Å²) in [4.78, 5) is 24.1. The lowest BCUT2D eigenvalue weighted by Gasteiger charge is -2.40. The molecule has 4 nitrogen and oxygen atoms in total. The van der Waals surface area contributed by atoms with E-state index in [1.54, 1.807) is 0 Å². The van der Waals surface area contributed by atoms with Crippen LogP contribution in [0.2, 0.25) is 0 Å². The number of rotatable bonds is 6. The molecule has 5 heteroatoms. The van der Waals surface area contributed by atoms with E-state index < -0.39 is 0 Å². The molecule has 1 aliphatic carbocycles. The molecule has 1 aliphatic rings. The van der Waals surface area contributed by atoms with Crippen molar-refractivity contribution in [1.82, 2.24) is 10.6 Å². The molecule has 2 amide bonds. The minimum Gasteiger partial charge on any atom is -0.354 e. The van der Waals surface area contributed by atoms with E-state index in [1.165, 1.54) is 0 Å². The van der Waals surface area contributed by atoms with Gasteiger partial charge in [0.15, 0.2) is 0 Å². The molecule has 0 radical (unpaired) electrons. The summed E-state index contributed by atoms with van der Waals surface area (Å²) in [5.41, 5.74) is 0.689. The summed E-state index contributed by atoms with van der Waals surface area (Å²) in [7, 11) is 0. The van der Waals surface area contributed by atoms with Crippen LogP contribution >= 0.6 is 15.9 Å². The van der Waals surface area contributed by atoms with Gasteiger partial charge in [0.05, 0.1) is 5.41 Å². The normalized spacial score (nSPS) is 16.0. The molecular formula is C17H23BrN2O2. The van der Waals surface area contributed by atoms with Gasteiger partial charge in [-0.05, 0) is 30.5 Å². The number of nitrogens with one attached hydrogen (secondary N) is 2. The fraction of sp³-hybridized carbons (Fsp3) is 0.529. The summed E-state index contributed by atoms with van der Waals surface area (Å²) >= 11 is 3.42. The highest BCUT2D eigenvalue weighted by Crippen LogP contribution is 2.44. The fourth-order valence-corrected chi connectivity index (χ4v) is 2.95. The molecule has 1 fully saturated rings. The molecule has 0 bridgehead atoms. The van der Waals surface area contributed by atoms with E-state index in [-0.39, 0.29) is 23.1 Å². The first-order chi connectivity index (χ1) is 10.5. The summed E-state index contributed by atoms with van der Waals surface area (Å²) in [6, 6.07) is 7.99. The fourth-order valence-electron chi connectivity index (χ4n) is 2.68. The summed E-state index contributed by atoms with van der Waals surface area (Å²) in [6.07, 6.45) is 2.85. The van der Waals surface area contributed by atoms with Gasteiger partial charge in [0.25, 0.3) is 0 Å². The van der Waals surface area contributed by atoms with Gasteiger partial charge in [-0.2, -0.15) is 0 Å². The third kappa shape index (κ3) is 3.69. The number of benzene rings is 1. The lowest BCUT2D eigenvalue weighted by atomic mass is 9.64. The van der Waals surface area contributed by atoms with Gasteiger partial charge in [0.2, 0.25) is 11.8 Å². The predicted molar refractivity (Wildman–Crippen MR) is 90.5 cm³/mol. The zero-order valence-electron chi connectivity index (χ0n) is 13.1. The number of hydrogen-bond donors (Lipinski definition) is 2. The SMILES string of the molecule is CC(C)C(=O)NCCNC(=O)C1(c2ccc(Br)cc2)CCC1. The van der Waals surface area contributed by atoms with Crippen molar-refractivity contribution in [2.45, 2.75) is 38.5 Å². The van der Waals surface area contributed by atoms with Gasteiger partial charge < -0.3 is 10.6 Å². The highest BCUT2D eigenvalue weighted by atomic mass is 79.9. The first kappa shape index (κ1) is 17.0. The monoisotopic (exact) mass is 366 g/mol. The van der Waals surface area contributed by atoms with Crippen molar-refractivity contribution in [1.29, 1.82) is 0 Å². The quantitative estimate of drug-likeness (QED) is 0.760. The molecule has 1 saturated carbocycles. The first-order valence-corrected chi connectivity index (χ1v) is 8.57. The predicted octanol–water partition coefficient (Wildman–Crippen LogP) is 2.76. The van der Waals surface area contributed by atoms with Crippen molar-refractivity contribution in [2.24, 2.45) is 5.92 Å². The van der Waals surface area contributed by atoms with Crippen LogP contribution in [0.1, 0.15) is 38.7 Å². The topological polar surface area (TPSA) is 58.2 Å². The Labute approximate surface area is 140 Å². The first-order valence-electron chi connectivity index (χ1n) is 7.78. The number of halogens is 1. The van der Waals surface area contributed by atoms with E-state index in [0.717, 1.165) is 29.3 Å². The molecule has 0 heterocycles. The van der Waals surface area contributed by atoms with Gasteiger partial charge in [-0.25, -0.2) is 0 Å². The summed E-state index contributed by atoms with van der Waals surface area (Å²) in [6.45, 7) is 4.64. The molecule has 0 spiro atoms. The van der Waals surface area contributed by atoms with Crippen molar-refractivity contribution in [3.63, 3.8) is 0 Å². The Morgan fingerprint density at radius 2 is 1.73 bits per heavy atom. The zero-order chi connectivity index (χ0) is 16.2. The van der Waals surface area contributed by atoms with E-state index in [9.17, 15) is 9.59 Å². The Bertz CT molecular complexity index is 536. The van der Waals surface area contributed by atoms with Crippen LogP contribution in [0.5, 0.6) is 0 Å². The standard InChI is InChI=1S/C17H23BrN2O2/c1-12(2)15(21)19-10-11-20-16(22)17(8-3-9-17)13-4-6-14(18)7-5-13/h4-7,12H,3,8-11H2,1-2H3,(H,19,21)(H,20,22). The van der Waals surface area contributed by atoms with E-state index in [1.807, 2.05) is 38.1 Å². The Morgan fingerprint density at radius 1 is 1.14 bits per heavy atom. The second-order valence-corrected chi connectivity index (χ2v) is 7.06. The zero-order valence-corrected chi connectivity index (χ0v) is 14.7. The molecule has 0 aliphatic heterocycles. The van der Waals surface area contributed by atoms with Gasteiger partial charge >= 0.3 is 0 Å². The molecule has 0 aromatic heterocycles. The second kappa shape index (κ2) is 7.27. The molecule has 22 heavy (non-hydrogen) atoms. The lowest BCUT2D eigenvalue weighted by Crippen LogP contribution is -2.50. The third-order valence-electron chi connectivity index (χ3n) is 4.27. The molecule has 1 aromatic carbocycles. The van der Waals surface area contributed by atoms with Crippen LogP contribution in [0.3, 0.4) is 0 Å². The van der Waals surface area contributed by atoms with Crippen molar-refractivity contribution in [2.75, 3.05) is 13.1 Å². The Morgan fingerprint density at radius 3 is 2.23 bits per heavy atom. The molecule has 120 valence electrons. The maximum absolute atomic E-state index is 12.6. The summed E-state index contributed by atoms with van der Waals surface area (Å²) in [5, 5.41) is 5.78. The molecule has 2 rings (SSSR count). The van der Waals surface area contributed by atoms with Crippen LogP contribution in [0.4, 0.5) is 0 Å². The largest absolute Gasteiger partial charge is 0.354 e. The maximum Gasteiger partial charge on any atom is 0.230 e. The van der Waals surface area contributed by atoms with E-state index in [0.29, 0.717) is 13.1 Å².